The first-order valence-electron chi connectivity index (χ1n) is 4.29. The molecule has 3 heteroatoms. The molecule has 0 amide bonds. The van der Waals surface area contributed by atoms with Crippen LogP contribution in [0.15, 0.2) is 22.7 Å². The van der Waals surface area contributed by atoms with Gasteiger partial charge in [0.25, 0.3) is 0 Å². The minimum atomic E-state index is 0.629. The van der Waals surface area contributed by atoms with E-state index in [4.69, 9.17) is 4.74 Å². The summed E-state index contributed by atoms with van der Waals surface area (Å²) in [5, 5.41) is 3.29. The molecule has 1 aromatic carbocycles. The molecular weight excluding hydrogens is 230 g/mol. The highest BCUT2D eigenvalue weighted by molar-refractivity contribution is 9.10. The second-order valence-corrected chi connectivity index (χ2v) is 3.58. The zero-order chi connectivity index (χ0) is 9.68. The summed E-state index contributed by atoms with van der Waals surface area (Å²) in [6, 6.07) is 6.10. The van der Waals surface area contributed by atoms with Gasteiger partial charge < -0.3 is 10.1 Å². The molecule has 1 N–H and O–H groups in total. The number of halogens is 1. The van der Waals surface area contributed by atoms with E-state index in [0.717, 1.165) is 16.7 Å². The van der Waals surface area contributed by atoms with Crippen LogP contribution in [0, 0.1) is 0 Å². The predicted molar refractivity (Wildman–Crippen MR) is 59.0 cm³/mol. The number of benzene rings is 1. The Morgan fingerprint density at radius 3 is 2.85 bits per heavy atom. The van der Waals surface area contributed by atoms with Crippen LogP contribution in [0.25, 0.3) is 0 Å². The summed E-state index contributed by atoms with van der Waals surface area (Å²) in [5.74, 6) is 0. The Balaban J connectivity index is 2.95. The van der Waals surface area contributed by atoms with Gasteiger partial charge in [0.15, 0.2) is 0 Å². The zero-order valence-corrected chi connectivity index (χ0v) is 9.52. The lowest BCUT2D eigenvalue weighted by Crippen LogP contribution is -2.02. The molecule has 0 aliphatic heterocycles. The molecule has 0 spiro atoms. The SMILES string of the molecule is CCNc1cccc(Br)c1COC. The third-order valence-electron chi connectivity index (χ3n) is 1.77. The number of ether oxygens (including phenoxy) is 1. The predicted octanol–water partition coefficient (Wildman–Crippen LogP) is 3.03. The van der Waals surface area contributed by atoms with Crippen molar-refractivity contribution in [1.29, 1.82) is 0 Å². The third-order valence-corrected chi connectivity index (χ3v) is 2.52. The van der Waals surface area contributed by atoms with E-state index in [1.54, 1.807) is 7.11 Å². The van der Waals surface area contributed by atoms with Crippen LogP contribution in [-0.2, 0) is 11.3 Å². The van der Waals surface area contributed by atoms with Gasteiger partial charge in [0, 0.05) is 29.4 Å². The first-order valence-corrected chi connectivity index (χ1v) is 5.09. The van der Waals surface area contributed by atoms with Gasteiger partial charge in [-0.3, -0.25) is 0 Å². The number of hydrogen-bond donors (Lipinski definition) is 1. The number of nitrogens with one attached hydrogen (secondary N) is 1. The fourth-order valence-electron chi connectivity index (χ4n) is 1.21. The molecule has 72 valence electrons. The average Bonchev–Trinajstić information content (AvgIpc) is 2.11. The van der Waals surface area contributed by atoms with Crippen molar-refractivity contribution in [1.82, 2.24) is 0 Å². The van der Waals surface area contributed by atoms with Gasteiger partial charge >= 0.3 is 0 Å². The number of methoxy groups -OCH3 is 1. The molecule has 0 atom stereocenters. The molecule has 1 rings (SSSR count). The van der Waals surface area contributed by atoms with Crippen LogP contribution in [-0.4, -0.2) is 13.7 Å². The molecular formula is C10H14BrNO. The first-order chi connectivity index (χ1) is 6.29. The van der Waals surface area contributed by atoms with E-state index in [0.29, 0.717) is 6.61 Å². The van der Waals surface area contributed by atoms with Gasteiger partial charge in [0.2, 0.25) is 0 Å². The second kappa shape index (κ2) is 5.25. The summed E-state index contributed by atoms with van der Waals surface area (Å²) in [4.78, 5) is 0. The summed E-state index contributed by atoms with van der Waals surface area (Å²) in [6.45, 7) is 3.63. The Hall–Kier alpha value is -0.540. The highest BCUT2D eigenvalue weighted by Gasteiger charge is 2.04. The minimum absolute atomic E-state index is 0.629. The molecule has 2 nitrogen and oxygen atoms in total. The molecule has 0 aliphatic rings. The maximum absolute atomic E-state index is 5.13. The van der Waals surface area contributed by atoms with Crippen molar-refractivity contribution in [2.24, 2.45) is 0 Å². The van der Waals surface area contributed by atoms with Crippen LogP contribution in [0.3, 0.4) is 0 Å². The van der Waals surface area contributed by atoms with Gasteiger partial charge in [-0.15, -0.1) is 0 Å². The Labute approximate surface area is 87.4 Å². The second-order valence-electron chi connectivity index (χ2n) is 2.73. The van der Waals surface area contributed by atoms with Gasteiger partial charge in [-0.25, -0.2) is 0 Å². The van der Waals surface area contributed by atoms with Crippen molar-refractivity contribution in [3.63, 3.8) is 0 Å². The maximum Gasteiger partial charge on any atom is 0.0744 e. The summed E-state index contributed by atoms with van der Waals surface area (Å²) >= 11 is 3.50. The van der Waals surface area contributed by atoms with Gasteiger partial charge in [0.1, 0.15) is 0 Å². The molecule has 0 unspecified atom stereocenters. The van der Waals surface area contributed by atoms with Crippen LogP contribution >= 0.6 is 15.9 Å². The van der Waals surface area contributed by atoms with Gasteiger partial charge in [0.05, 0.1) is 6.61 Å². The highest BCUT2D eigenvalue weighted by Crippen LogP contribution is 2.25. The summed E-state index contributed by atoms with van der Waals surface area (Å²) in [5.41, 5.74) is 2.31. The van der Waals surface area contributed by atoms with Crippen molar-refractivity contribution in [3.8, 4) is 0 Å². The summed E-state index contributed by atoms with van der Waals surface area (Å²) < 4.78 is 6.22. The van der Waals surface area contributed by atoms with Gasteiger partial charge in [-0.05, 0) is 19.1 Å². The number of hydrogen-bond acceptors (Lipinski definition) is 2. The lowest BCUT2D eigenvalue weighted by atomic mass is 10.2. The number of rotatable bonds is 4. The molecule has 0 fully saturated rings. The van der Waals surface area contributed by atoms with Crippen molar-refractivity contribution in [3.05, 3.63) is 28.2 Å². The van der Waals surface area contributed by atoms with Crippen LogP contribution in [0.2, 0.25) is 0 Å². The van der Waals surface area contributed by atoms with E-state index in [2.05, 4.69) is 34.2 Å². The number of anilines is 1. The van der Waals surface area contributed by atoms with Crippen LogP contribution in [0.4, 0.5) is 5.69 Å². The Morgan fingerprint density at radius 2 is 2.23 bits per heavy atom. The topological polar surface area (TPSA) is 21.3 Å². The van der Waals surface area contributed by atoms with Crippen molar-refractivity contribution >= 4 is 21.6 Å². The van der Waals surface area contributed by atoms with Crippen LogP contribution in [0.5, 0.6) is 0 Å². The van der Waals surface area contributed by atoms with Crippen LogP contribution < -0.4 is 5.32 Å². The summed E-state index contributed by atoms with van der Waals surface area (Å²) in [6.07, 6.45) is 0. The lowest BCUT2D eigenvalue weighted by Gasteiger charge is -2.11. The third kappa shape index (κ3) is 2.71. The van der Waals surface area contributed by atoms with Crippen molar-refractivity contribution in [2.75, 3.05) is 19.0 Å². The fraction of sp³-hybridized carbons (Fsp3) is 0.400. The standard InChI is InChI=1S/C10H14BrNO/c1-3-12-10-6-4-5-9(11)8(10)7-13-2/h4-6,12H,3,7H2,1-2H3. The highest BCUT2D eigenvalue weighted by atomic mass is 79.9. The summed E-state index contributed by atoms with van der Waals surface area (Å²) in [7, 11) is 1.70. The van der Waals surface area contributed by atoms with E-state index in [-0.39, 0.29) is 0 Å². The van der Waals surface area contributed by atoms with E-state index >= 15 is 0 Å². The molecule has 0 saturated heterocycles. The van der Waals surface area contributed by atoms with Crippen molar-refractivity contribution < 1.29 is 4.74 Å². The smallest absolute Gasteiger partial charge is 0.0744 e. The maximum atomic E-state index is 5.13. The van der Waals surface area contributed by atoms with E-state index in [1.165, 1.54) is 5.56 Å². The first kappa shape index (κ1) is 10.5. The molecule has 0 bridgehead atoms. The van der Waals surface area contributed by atoms with E-state index in [1.807, 2.05) is 12.1 Å². The molecule has 0 saturated carbocycles. The van der Waals surface area contributed by atoms with E-state index < -0.39 is 0 Å². The molecule has 0 aromatic heterocycles. The fourth-order valence-corrected chi connectivity index (χ4v) is 1.69. The quantitative estimate of drug-likeness (QED) is 0.878. The molecule has 0 aliphatic carbocycles. The minimum Gasteiger partial charge on any atom is -0.385 e. The van der Waals surface area contributed by atoms with E-state index in [9.17, 15) is 0 Å². The Bertz CT molecular complexity index is 276. The molecule has 0 heterocycles. The Morgan fingerprint density at radius 1 is 1.46 bits per heavy atom. The van der Waals surface area contributed by atoms with Gasteiger partial charge in [-0.2, -0.15) is 0 Å². The lowest BCUT2D eigenvalue weighted by molar-refractivity contribution is 0.185. The average molecular weight is 244 g/mol. The zero-order valence-electron chi connectivity index (χ0n) is 7.93. The largest absolute Gasteiger partial charge is 0.385 e. The van der Waals surface area contributed by atoms with Crippen molar-refractivity contribution in [2.45, 2.75) is 13.5 Å². The van der Waals surface area contributed by atoms with Gasteiger partial charge in [-0.1, -0.05) is 22.0 Å². The van der Waals surface area contributed by atoms with Crippen LogP contribution in [0.1, 0.15) is 12.5 Å². The Kier molecular flexibility index (Phi) is 4.25. The molecule has 1 aromatic rings. The monoisotopic (exact) mass is 243 g/mol. The normalized spacial score (nSPS) is 10.1. The molecule has 13 heavy (non-hydrogen) atoms. The molecule has 0 radical (unpaired) electrons.